The van der Waals surface area contributed by atoms with Gasteiger partial charge in [0.15, 0.2) is 5.96 Å². The van der Waals surface area contributed by atoms with Gasteiger partial charge in [0.1, 0.15) is 0 Å². The van der Waals surface area contributed by atoms with Crippen LogP contribution in [0, 0.1) is 5.92 Å². The number of rotatable bonds is 6. The molecule has 8 heteroatoms. The second kappa shape index (κ2) is 13.5. The maximum absolute atomic E-state index is 12.8. The molecule has 0 bridgehead atoms. The van der Waals surface area contributed by atoms with Gasteiger partial charge < -0.3 is 20.3 Å². The van der Waals surface area contributed by atoms with E-state index in [0.29, 0.717) is 5.91 Å². The summed E-state index contributed by atoms with van der Waals surface area (Å²) in [6.45, 7) is 6.99. The van der Waals surface area contributed by atoms with Gasteiger partial charge in [0.05, 0.1) is 13.2 Å². The predicted molar refractivity (Wildman–Crippen MR) is 143 cm³/mol. The monoisotopic (exact) mass is 569 g/mol. The van der Waals surface area contributed by atoms with Gasteiger partial charge >= 0.3 is 0 Å². The van der Waals surface area contributed by atoms with Crippen molar-refractivity contribution >= 4 is 35.8 Å². The molecule has 3 aliphatic rings. The summed E-state index contributed by atoms with van der Waals surface area (Å²) in [6.07, 6.45) is 6.81. The molecule has 1 aromatic carbocycles. The normalized spacial score (nSPS) is 22.6. The molecule has 33 heavy (non-hydrogen) atoms. The zero-order valence-corrected chi connectivity index (χ0v) is 22.3. The summed E-state index contributed by atoms with van der Waals surface area (Å²) in [5.74, 6) is 1.43. The van der Waals surface area contributed by atoms with Crippen LogP contribution in [-0.2, 0) is 22.6 Å². The smallest absolute Gasteiger partial charge is 0.225 e. The van der Waals surface area contributed by atoms with E-state index in [2.05, 4.69) is 49.7 Å². The minimum Gasteiger partial charge on any atom is -0.379 e. The third kappa shape index (κ3) is 7.82. The first-order valence-corrected chi connectivity index (χ1v) is 12.3. The van der Waals surface area contributed by atoms with Crippen LogP contribution >= 0.6 is 24.0 Å². The molecule has 1 aliphatic carbocycles. The van der Waals surface area contributed by atoms with Crippen molar-refractivity contribution in [2.75, 3.05) is 46.4 Å². The van der Waals surface area contributed by atoms with E-state index in [1.807, 2.05) is 7.05 Å². The van der Waals surface area contributed by atoms with Crippen LogP contribution in [0.2, 0.25) is 0 Å². The van der Waals surface area contributed by atoms with E-state index in [1.165, 1.54) is 30.4 Å². The van der Waals surface area contributed by atoms with Crippen LogP contribution in [0.25, 0.3) is 0 Å². The molecular formula is C25H40IN5O2. The van der Waals surface area contributed by atoms with Crippen LogP contribution < -0.4 is 10.6 Å². The molecule has 2 aliphatic heterocycles. The largest absolute Gasteiger partial charge is 0.379 e. The van der Waals surface area contributed by atoms with Crippen LogP contribution in [0.5, 0.6) is 0 Å². The Kier molecular flexibility index (Phi) is 10.7. The summed E-state index contributed by atoms with van der Waals surface area (Å²) in [7, 11) is 1.81. The third-order valence-corrected chi connectivity index (χ3v) is 6.98. The van der Waals surface area contributed by atoms with Crippen molar-refractivity contribution in [2.45, 2.75) is 57.7 Å². The zero-order valence-electron chi connectivity index (χ0n) is 19.9. The Morgan fingerprint density at radius 1 is 1.09 bits per heavy atom. The molecule has 2 N–H and O–H groups in total. The second-order valence-electron chi connectivity index (χ2n) is 9.38. The number of carbonyl (C=O) groups excluding carboxylic acids is 1. The van der Waals surface area contributed by atoms with Gasteiger partial charge in [-0.25, -0.2) is 0 Å². The molecule has 184 valence electrons. The summed E-state index contributed by atoms with van der Waals surface area (Å²) >= 11 is 0. The van der Waals surface area contributed by atoms with Crippen molar-refractivity contribution in [3.8, 4) is 0 Å². The molecule has 1 aromatic rings. The summed E-state index contributed by atoms with van der Waals surface area (Å²) in [4.78, 5) is 21.7. The van der Waals surface area contributed by atoms with Crippen LogP contribution in [0.15, 0.2) is 29.3 Å². The molecule has 1 saturated carbocycles. The summed E-state index contributed by atoms with van der Waals surface area (Å²) in [5, 5.41) is 6.98. The van der Waals surface area contributed by atoms with Crippen molar-refractivity contribution in [1.82, 2.24) is 20.4 Å². The zero-order chi connectivity index (χ0) is 22.2. The van der Waals surface area contributed by atoms with Crippen LogP contribution in [-0.4, -0.2) is 74.1 Å². The summed E-state index contributed by atoms with van der Waals surface area (Å²) < 4.78 is 5.45. The van der Waals surface area contributed by atoms with Gasteiger partial charge in [-0.15, -0.1) is 24.0 Å². The third-order valence-electron chi connectivity index (χ3n) is 6.98. The minimum atomic E-state index is 0. The number of nitrogens with one attached hydrogen (secondary N) is 2. The fourth-order valence-corrected chi connectivity index (χ4v) is 5.12. The molecular weight excluding hydrogens is 529 g/mol. The van der Waals surface area contributed by atoms with E-state index in [1.54, 1.807) is 0 Å². The van der Waals surface area contributed by atoms with Gasteiger partial charge in [0, 0.05) is 58.3 Å². The Morgan fingerprint density at radius 3 is 2.61 bits per heavy atom. The van der Waals surface area contributed by atoms with Crippen molar-refractivity contribution in [3.05, 3.63) is 35.4 Å². The maximum atomic E-state index is 12.8. The Bertz CT molecular complexity index is 778. The number of morpholine rings is 1. The Morgan fingerprint density at radius 2 is 1.85 bits per heavy atom. The number of aliphatic imine (C=N–C) groups is 1. The molecule has 0 aromatic heterocycles. The summed E-state index contributed by atoms with van der Waals surface area (Å²) in [5.41, 5.74) is 2.58. The average Bonchev–Trinajstić information content (AvgIpc) is 3.31. The molecule has 1 unspecified atom stereocenters. The second-order valence-corrected chi connectivity index (χ2v) is 9.38. The van der Waals surface area contributed by atoms with Gasteiger partial charge in [0.2, 0.25) is 5.91 Å². The number of benzene rings is 1. The SMILES string of the molecule is CN=C(NCc1cccc(CN2CCOCC2)c1)NC1CCN(C(=O)C2CCCCC2)C1.I. The van der Waals surface area contributed by atoms with Gasteiger partial charge in [-0.05, 0) is 30.4 Å². The molecule has 2 heterocycles. The lowest BCUT2D eigenvalue weighted by Gasteiger charge is -2.26. The van der Waals surface area contributed by atoms with Gasteiger partial charge in [0.25, 0.3) is 0 Å². The van der Waals surface area contributed by atoms with Gasteiger partial charge in [-0.2, -0.15) is 0 Å². The van der Waals surface area contributed by atoms with E-state index in [-0.39, 0.29) is 35.9 Å². The first kappa shape index (κ1) is 26.2. The minimum absolute atomic E-state index is 0. The number of amides is 1. The highest BCUT2D eigenvalue weighted by Crippen LogP contribution is 2.26. The first-order chi connectivity index (χ1) is 15.7. The number of halogens is 1. The van der Waals surface area contributed by atoms with Crippen molar-refractivity contribution in [3.63, 3.8) is 0 Å². The molecule has 2 saturated heterocycles. The highest BCUT2D eigenvalue weighted by Gasteiger charge is 2.31. The average molecular weight is 570 g/mol. The standard InChI is InChI=1S/C25H39N5O2.HI/c1-26-25(28-23-10-11-30(19-23)24(31)22-8-3-2-4-9-22)27-17-20-6-5-7-21(16-20)18-29-12-14-32-15-13-29;/h5-7,16,22-23H,2-4,8-15,17-19H2,1H3,(H2,26,27,28);1H. The molecule has 1 atom stereocenters. The molecule has 4 rings (SSSR count). The predicted octanol–water partition coefficient (Wildman–Crippen LogP) is 2.98. The Hall–Kier alpha value is -1.39. The molecule has 3 fully saturated rings. The topological polar surface area (TPSA) is 69.2 Å². The van der Waals surface area contributed by atoms with Crippen LogP contribution in [0.4, 0.5) is 0 Å². The number of hydrogen-bond acceptors (Lipinski definition) is 4. The maximum Gasteiger partial charge on any atom is 0.225 e. The van der Waals surface area contributed by atoms with E-state index in [4.69, 9.17) is 4.74 Å². The van der Waals surface area contributed by atoms with E-state index in [9.17, 15) is 4.79 Å². The lowest BCUT2D eigenvalue weighted by atomic mass is 9.88. The van der Waals surface area contributed by atoms with Crippen molar-refractivity contribution in [1.29, 1.82) is 0 Å². The Balaban J connectivity index is 0.00000306. The molecule has 1 amide bonds. The van der Waals surface area contributed by atoms with Crippen LogP contribution in [0.3, 0.4) is 0 Å². The van der Waals surface area contributed by atoms with E-state index in [0.717, 1.165) is 77.7 Å². The van der Waals surface area contributed by atoms with Gasteiger partial charge in [-0.3, -0.25) is 14.7 Å². The van der Waals surface area contributed by atoms with Crippen molar-refractivity contribution in [2.24, 2.45) is 10.9 Å². The molecule has 0 radical (unpaired) electrons. The fourth-order valence-electron chi connectivity index (χ4n) is 5.12. The lowest BCUT2D eigenvalue weighted by Crippen LogP contribution is -2.45. The fraction of sp³-hybridized carbons (Fsp3) is 0.680. The van der Waals surface area contributed by atoms with Crippen molar-refractivity contribution < 1.29 is 9.53 Å². The van der Waals surface area contributed by atoms with Gasteiger partial charge in [-0.1, -0.05) is 43.5 Å². The number of ether oxygens (including phenoxy) is 1. The number of hydrogen-bond donors (Lipinski definition) is 2. The first-order valence-electron chi connectivity index (χ1n) is 12.3. The van der Waals surface area contributed by atoms with E-state index >= 15 is 0 Å². The van der Waals surface area contributed by atoms with E-state index < -0.39 is 0 Å². The number of likely N-dealkylation sites (tertiary alicyclic amines) is 1. The Labute approximate surface area is 215 Å². The highest BCUT2D eigenvalue weighted by atomic mass is 127. The molecule has 7 nitrogen and oxygen atoms in total. The highest BCUT2D eigenvalue weighted by molar-refractivity contribution is 14.0. The van der Waals surface area contributed by atoms with Crippen LogP contribution in [0.1, 0.15) is 49.7 Å². The summed E-state index contributed by atoms with van der Waals surface area (Å²) in [6, 6.07) is 9.03. The molecule has 0 spiro atoms. The number of nitrogens with zero attached hydrogens (tertiary/aromatic N) is 3. The number of guanidine groups is 1. The quantitative estimate of drug-likeness (QED) is 0.314. The lowest BCUT2D eigenvalue weighted by molar-refractivity contribution is -0.135. The number of carbonyl (C=O) groups is 1.